The Morgan fingerprint density at radius 3 is 2.71 bits per heavy atom. The molecule has 0 bridgehead atoms. The highest BCUT2D eigenvalue weighted by Crippen LogP contribution is 2.33. The molecule has 8 heteroatoms. The number of amidine groups is 1. The zero-order chi connectivity index (χ0) is 19.3. The summed E-state index contributed by atoms with van der Waals surface area (Å²) in [6.07, 6.45) is 4.92. The topological polar surface area (TPSA) is 58.2 Å². The second kappa shape index (κ2) is 8.37. The number of rotatable bonds is 5. The Kier molecular flexibility index (Phi) is 5.50. The van der Waals surface area contributed by atoms with Gasteiger partial charge in [0.2, 0.25) is 0 Å². The Hall–Kier alpha value is -2.97. The van der Waals surface area contributed by atoms with Crippen LogP contribution >= 0.6 is 23.1 Å². The van der Waals surface area contributed by atoms with Gasteiger partial charge in [-0.2, -0.15) is 5.10 Å². The number of thiophene rings is 1. The van der Waals surface area contributed by atoms with Crippen LogP contribution in [-0.2, 0) is 11.3 Å². The van der Waals surface area contributed by atoms with Crippen molar-refractivity contribution < 1.29 is 13.6 Å². The van der Waals surface area contributed by atoms with Gasteiger partial charge in [0.1, 0.15) is 11.6 Å². The lowest BCUT2D eigenvalue weighted by Gasteiger charge is -2.12. The van der Waals surface area contributed by atoms with Gasteiger partial charge in [-0.15, -0.1) is 16.4 Å². The third kappa shape index (κ3) is 4.29. The van der Waals surface area contributed by atoms with E-state index in [1.807, 2.05) is 17.5 Å². The van der Waals surface area contributed by atoms with Gasteiger partial charge >= 0.3 is 0 Å². The minimum atomic E-state index is -0.322. The van der Waals surface area contributed by atoms with Crippen molar-refractivity contribution in [3.8, 4) is 0 Å². The number of thioether (sulfide) groups is 1. The number of carbonyl (C=O) groups is 1. The smallest absolute Gasteiger partial charge is 0.267 e. The lowest BCUT2D eigenvalue weighted by atomic mass is 10.2. The third-order valence-electron chi connectivity index (χ3n) is 3.82. The van der Waals surface area contributed by atoms with Gasteiger partial charge in [0.25, 0.3) is 5.91 Å². The van der Waals surface area contributed by atoms with E-state index in [2.05, 4.69) is 10.2 Å². The highest BCUT2D eigenvalue weighted by Gasteiger charge is 2.34. The third-order valence-corrected chi connectivity index (χ3v) is 5.63. The van der Waals surface area contributed by atoms with Crippen LogP contribution in [0, 0.1) is 5.82 Å². The summed E-state index contributed by atoms with van der Waals surface area (Å²) < 4.78 is 18.5. The molecule has 0 spiro atoms. The van der Waals surface area contributed by atoms with Gasteiger partial charge in [0, 0.05) is 4.88 Å². The molecule has 3 heterocycles. The number of furan rings is 1. The fourth-order valence-electron chi connectivity index (χ4n) is 2.49. The molecule has 0 radical (unpaired) electrons. The summed E-state index contributed by atoms with van der Waals surface area (Å²) >= 11 is 2.78. The maximum atomic E-state index is 13.1. The second-order valence-electron chi connectivity index (χ2n) is 5.78. The maximum Gasteiger partial charge on any atom is 0.267 e. The first-order valence-corrected chi connectivity index (χ1v) is 10.0. The minimum Gasteiger partial charge on any atom is -0.467 e. The second-order valence-corrected chi connectivity index (χ2v) is 7.76. The number of nitrogens with zero attached hydrogens (tertiary/aromatic N) is 3. The minimum absolute atomic E-state index is 0.198. The highest BCUT2D eigenvalue weighted by atomic mass is 32.2. The number of amides is 1. The van der Waals surface area contributed by atoms with Gasteiger partial charge in [-0.3, -0.25) is 9.69 Å². The number of halogens is 1. The maximum absolute atomic E-state index is 13.1. The van der Waals surface area contributed by atoms with E-state index >= 15 is 0 Å². The van der Waals surface area contributed by atoms with Crippen LogP contribution < -0.4 is 0 Å². The summed E-state index contributed by atoms with van der Waals surface area (Å²) in [6, 6.07) is 13.4. The van der Waals surface area contributed by atoms with Crippen molar-refractivity contribution >= 4 is 46.5 Å². The van der Waals surface area contributed by atoms with E-state index in [1.54, 1.807) is 54.2 Å². The van der Waals surface area contributed by atoms with Crippen molar-refractivity contribution in [3.05, 3.63) is 87.1 Å². The van der Waals surface area contributed by atoms with Crippen molar-refractivity contribution in [3.63, 3.8) is 0 Å². The quantitative estimate of drug-likeness (QED) is 0.338. The lowest BCUT2D eigenvalue weighted by molar-refractivity contribution is -0.122. The molecular formula is C20H14FN3O2S2. The Morgan fingerprint density at radius 2 is 2.00 bits per heavy atom. The summed E-state index contributed by atoms with van der Waals surface area (Å²) in [7, 11) is 0. The SMILES string of the molecule is O=C1/C(=C/c2ccc(F)cc2)S/C(=N/N=C\c2cccs2)N1Cc1ccco1. The summed E-state index contributed by atoms with van der Waals surface area (Å²) in [5.74, 6) is 0.125. The van der Waals surface area contributed by atoms with E-state index in [4.69, 9.17) is 4.42 Å². The Balaban J connectivity index is 1.61. The first-order chi connectivity index (χ1) is 13.7. The molecule has 140 valence electrons. The van der Waals surface area contributed by atoms with E-state index in [0.29, 0.717) is 15.8 Å². The van der Waals surface area contributed by atoms with Crippen molar-refractivity contribution in [2.45, 2.75) is 6.54 Å². The molecule has 1 fully saturated rings. The molecule has 1 saturated heterocycles. The zero-order valence-electron chi connectivity index (χ0n) is 14.5. The molecule has 0 aliphatic carbocycles. The molecule has 28 heavy (non-hydrogen) atoms. The molecule has 0 N–H and O–H groups in total. The monoisotopic (exact) mass is 411 g/mol. The van der Waals surface area contributed by atoms with Gasteiger partial charge in [0.15, 0.2) is 5.17 Å². The van der Waals surface area contributed by atoms with Gasteiger partial charge in [-0.05, 0) is 59.1 Å². The predicted molar refractivity (Wildman–Crippen MR) is 111 cm³/mol. The van der Waals surface area contributed by atoms with Crippen LogP contribution in [0.15, 0.2) is 79.7 Å². The molecule has 0 unspecified atom stereocenters. The Labute approximate surface area is 168 Å². The molecule has 4 rings (SSSR count). The van der Waals surface area contributed by atoms with Crippen molar-refractivity contribution in [1.29, 1.82) is 0 Å². The highest BCUT2D eigenvalue weighted by molar-refractivity contribution is 8.18. The molecular weight excluding hydrogens is 397 g/mol. The average molecular weight is 411 g/mol. The Morgan fingerprint density at radius 1 is 1.14 bits per heavy atom. The molecule has 1 amide bonds. The van der Waals surface area contributed by atoms with Gasteiger partial charge in [-0.1, -0.05) is 18.2 Å². The van der Waals surface area contributed by atoms with Crippen LogP contribution in [-0.4, -0.2) is 22.2 Å². The fourth-order valence-corrected chi connectivity index (χ4v) is 4.00. The largest absolute Gasteiger partial charge is 0.467 e. The number of benzene rings is 1. The summed E-state index contributed by atoms with van der Waals surface area (Å²) in [5.41, 5.74) is 0.735. The lowest BCUT2D eigenvalue weighted by Crippen LogP contribution is -2.28. The molecule has 5 nitrogen and oxygen atoms in total. The van der Waals surface area contributed by atoms with Gasteiger partial charge in [0.05, 0.1) is 23.9 Å². The number of hydrogen-bond donors (Lipinski definition) is 0. The summed E-state index contributed by atoms with van der Waals surface area (Å²) in [5, 5.41) is 10.8. The van der Waals surface area contributed by atoms with Crippen LogP contribution in [0.5, 0.6) is 0 Å². The zero-order valence-corrected chi connectivity index (χ0v) is 16.1. The first kappa shape index (κ1) is 18.4. The number of carbonyl (C=O) groups excluding carboxylic acids is 1. The van der Waals surface area contributed by atoms with E-state index in [9.17, 15) is 9.18 Å². The summed E-state index contributed by atoms with van der Waals surface area (Å²) in [6.45, 7) is 0.257. The molecule has 2 aromatic heterocycles. The fraction of sp³-hybridized carbons (Fsp3) is 0.0500. The van der Waals surface area contributed by atoms with E-state index in [0.717, 1.165) is 10.4 Å². The average Bonchev–Trinajstić information content (AvgIpc) is 3.44. The van der Waals surface area contributed by atoms with Gasteiger partial charge in [-0.25, -0.2) is 4.39 Å². The van der Waals surface area contributed by atoms with E-state index in [-0.39, 0.29) is 18.3 Å². The van der Waals surface area contributed by atoms with E-state index < -0.39 is 0 Å². The molecule has 0 atom stereocenters. The normalized spacial score (nSPS) is 17.5. The van der Waals surface area contributed by atoms with Crippen LogP contribution in [0.25, 0.3) is 6.08 Å². The van der Waals surface area contributed by atoms with Crippen LogP contribution in [0.3, 0.4) is 0 Å². The number of hydrogen-bond acceptors (Lipinski definition) is 6. The molecule has 1 aromatic carbocycles. The molecule has 1 aliphatic rings. The molecule has 0 saturated carbocycles. The van der Waals surface area contributed by atoms with Crippen molar-refractivity contribution in [2.24, 2.45) is 10.2 Å². The van der Waals surface area contributed by atoms with Crippen molar-refractivity contribution in [2.75, 3.05) is 0 Å². The van der Waals surface area contributed by atoms with Crippen molar-refractivity contribution in [1.82, 2.24) is 4.90 Å². The summed E-state index contributed by atoms with van der Waals surface area (Å²) in [4.78, 5) is 15.9. The molecule has 1 aliphatic heterocycles. The van der Waals surface area contributed by atoms with Crippen LogP contribution in [0.2, 0.25) is 0 Å². The first-order valence-electron chi connectivity index (χ1n) is 8.33. The Bertz CT molecular complexity index is 1040. The van der Waals surface area contributed by atoms with E-state index in [1.165, 1.54) is 28.8 Å². The molecule has 3 aromatic rings. The predicted octanol–water partition coefficient (Wildman–Crippen LogP) is 4.99. The van der Waals surface area contributed by atoms with Crippen LogP contribution in [0.1, 0.15) is 16.2 Å². The van der Waals surface area contributed by atoms with Gasteiger partial charge < -0.3 is 4.42 Å². The standard InChI is InChI=1S/C20H14FN3O2S2/c21-15-7-5-14(6-8-15)11-18-19(25)24(13-16-3-1-9-26-16)20(28-18)23-22-12-17-4-2-10-27-17/h1-12H,13H2/b18-11-,22-12-,23-20+. The van der Waals surface area contributed by atoms with Crippen LogP contribution in [0.4, 0.5) is 4.39 Å².